The molecule has 0 aliphatic carbocycles. The van der Waals surface area contributed by atoms with Gasteiger partial charge in [0.1, 0.15) is 24.1 Å². The van der Waals surface area contributed by atoms with Crippen LogP contribution in [-0.2, 0) is 11.4 Å². The Morgan fingerprint density at radius 1 is 1.13 bits per heavy atom. The highest BCUT2D eigenvalue weighted by Crippen LogP contribution is 2.35. The molecular weight excluding hydrogens is 506 g/mol. The fourth-order valence-corrected chi connectivity index (χ4v) is 3.51. The summed E-state index contributed by atoms with van der Waals surface area (Å²) in [5, 5.41) is 12.4. The van der Waals surface area contributed by atoms with Crippen molar-refractivity contribution in [3.8, 4) is 11.8 Å². The molecule has 3 aromatic carbocycles. The minimum absolute atomic E-state index is 0.0748. The zero-order valence-corrected chi connectivity index (χ0v) is 18.9. The van der Waals surface area contributed by atoms with E-state index in [0.29, 0.717) is 16.8 Å². The van der Waals surface area contributed by atoms with Crippen LogP contribution in [0.4, 0.5) is 10.1 Å². The Morgan fingerprint density at radius 2 is 1.81 bits per heavy atom. The highest BCUT2D eigenvalue weighted by Gasteiger charge is 2.13. The number of amides is 1. The molecule has 0 spiro atoms. The van der Waals surface area contributed by atoms with Gasteiger partial charge in [0, 0.05) is 10.2 Å². The van der Waals surface area contributed by atoms with Gasteiger partial charge in [-0.05, 0) is 65.7 Å². The van der Waals surface area contributed by atoms with Crippen molar-refractivity contribution in [2.24, 2.45) is 0 Å². The minimum Gasteiger partial charge on any atom is -0.486 e. The lowest BCUT2D eigenvalue weighted by molar-refractivity contribution is -0.112. The van der Waals surface area contributed by atoms with E-state index in [1.54, 1.807) is 36.4 Å². The van der Waals surface area contributed by atoms with E-state index in [-0.39, 0.29) is 33.8 Å². The Balaban J connectivity index is 1.76. The van der Waals surface area contributed by atoms with Crippen molar-refractivity contribution < 1.29 is 13.9 Å². The molecule has 0 aromatic heterocycles. The molecule has 0 unspecified atom stereocenters. The van der Waals surface area contributed by atoms with Crippen molar-refractivity contribution in [2.45, 2.75) is 6.61 Å². The first-order chi connectivity index (χ1) is 14.9. The SMILES string of the molecule is N#C/C(=C/c1cc(Cl)c(OCc2cccc(F)c2)c(Cl)c1)C(=O)Nc1ccc(Br)cc1. The van der Waals surface area contributed by atoms with Gasteiger partial charge in [0.2, 0.25) is 0 Å². The molecule has 1 N–H and O–H groups in total. The van der Waals surface area contributed by atoms with Crippen LogP contribution < -0.4 is 10.1 Å². The molecule has 0 aliphatic rings. The molecule has 0 atom stereocenters. The summed E-state index contributed by atoms with van der Waals surface area (Å²) in [5.41, 5.74) is 1.50. The third kappa shape index (κ3) is 6.31. The number of nitrogens with one attached hydrogen (secondary N) is 1. The molecule has 0 bridgehead atoms. The van der Waals surface area contributed by atoms with Crippen LogP contribution >= 0.6 is 39.1 Å². The van der Waals surface area contributed by atoms with Gasteiger partial charge in [-0.1, -0.05) is 51.3 Å². The van der Waals surface area contributed by atoms with Crippen molar-refractivity contribution in [3.63, 3.8) is 0 Å². The lowest BCUT2D eigenvalue weighted by Gasteiger charge is -2.11. The van der Waals surface area contributed by atoms with E-state index in [4.69, 9.17) is 27.9 Å². The minimum atomic E-state index is -0.566. The zero-order chi connectivity index (χ0) is 22.4. The summed E-state index contributed by atoms with van der Waals surface area (Å²) in [6.45, 7) is 0.0748. The third-order valence-corrected chi connectivity index (χ3v) is 5.16. The van der Waals surface area contributed by atoms with Gasteiger partial charge in [-0.25, -0.2) is 4.39 Å². The molecule has 0 radical (unpaired) electrons. The van der Waals surface area contributed by atoms with Crippen LogP contribution in [0.1, 0.15) is 11.1 Å². The van der Waals surface area contributed by atoms with Crippen LogP contribution in [0.2, 0.25) is 10.0 Å². The number of benzene rings is 3. The molecule has 1 amide bonds. The van der Waals surface area contributed by atoms with Gasteiger partial charge in [0.05, 0.1) is 10.0 Å². The van der Waals surface area contributed by atoms with E-state index in [2.05, 4.69) is 21.2 Å². The Hall–Kier alpha value is -2.85. The van der Waals surface area contributed by atoms with Crippen LogP contribution in [0, 0.1) is 17.1 Å². The molecule has 0 saturated heterocycles. The standard InChI is InChI=1S/C23H14BrCl2FN2O2/c24-17-4-6-19(7-5-17)29-23(30)16(12-28)8-15-10-20(25)22(21(26)11-15)31-13-14-2-1-3-18(27)9-14/h1-11H,13H2,(H,29,30)/b16-8-. The monoisotopic (exact) mass is 518 g/mol. The lowest BCUT2D eigenvalue weighted by Crippen LogP contribution is -2.13. The average Bonchev–Trinajstić information content (AvgIpc) is 2.73. The van der Waals surface area contributed by atoms with Gasteiger partial charge in [0.25, 0.3) is 5.91 Å². The molecule has 3 aromatic rings. The van der Waals surface area contributed by atoms with E-state index >= 15 is 0 Å². The smallest absolute Gasteiger partial charge is 0.266 e. The van der Waals surface area contributed by atoms with Gasteiger partial charge in [0.15, 0.2) is 5.75 Å². The zero-order valence-electron chi connectivity index (χ0n) is 15.8. The first-order valence-electron chi connectivity index (χ1n) is 8.90. The number of anilines is 1. The van der Waals surface area contributed by atoms with Crippen molar-refractivity contribution >= 4 is 56.8 Å². The molecule has 3 rings (SSSR count). The lowest BCUT2D eigenvalue weighted by atomic mass is 10.1. The first kappa shape index (κ1) is 22.8. The Kier molecular flexibility index (Phi) is 7.69. The van der Waals surface area contributed by atoms with E-state index in [9.17, 15) is 14.4 Å². The summed E-state index contributed by atoms with van der Waals surface area (Å²) in [6.07, 6.45) is 1.38. The average molecular weight is 520 g/mol. The Bertz CT molecular complexity index is 1170. The van der Waals surface area contributed by atoms with Crippen molar-refractivity contribution in [2.75, 3.05) is 5.32 Å². The quantitative estimate of drug-likeness (QED) is 0.281. The predicted octanol–water partition coefficient (Wildman–Crippen LogP) is 7.02. The third-order valence-electron chi connectivity index (χ3n) is 4.07. The second-order valence-corrected chi connectivity index (χ2v) is 8.09. The summed E-state index contributed by atoms with van der Waals surface area (Å²) in [4.78, 5) is 12.4. The van der Waals surface area contributed by atoms with Crippen LogP contribution in [0.5, 0.6) is 5.75 Å². The number of hydrogen-bond acceptors (Lipinski definition) is 3. The maximum Gasteiger partial charge on any atom is 0.266 e. The second-order valence-electron chi connectivity index (χ2n) is 6.36. The molecule has 0 fully saturated rings. The summed E-state index contributed by atoms with van der Waals surface area (Å²) in [6, 6.07) is 17.9. The van der Waals surface area contributed by atoms with Crippen molar-refractivity contribution in [1.29, 1.82) is 5.26 Å². The van der Waals surface area contributed by atoms with Gasteiger partial charge < -0.3 is 10.1 Å². The fraction of sp³-hybridized carbons (Fsp3) is 0.0435. The van der Waals surface area contributed by atoms with E-state index < -0.39 is 5.91 Å². The number of nitrogens with zero attached hydrogens (tertiary/aromatic N) is 1. The number of carbonyl (C=O) groups is 1. The van der Waals surface area contributed by atoms with Crippen molar-refractivity contribution in [3.05, 3.63) is 97.7 Å². The van der Waals surface area contributed by atoms with Gasteiger partial charge in [-0.3, -0.25) is 4.79 Å². The second kappa shape index (κ2) is 10.5. The molecule has 31 heavy (non-hydrogen) atoms. The van der Waals surface area contributed by atoms with Crippen LogP contribution in [-0.4, -0.2) is 5.91 Å². The number of hydrogen-bond donors (Lipinski definition) is 1. The summed E-state index contributed by atoms with van der Waals surface area (Å²) >= 11 is 15.9. The number of rotatable bonds is 6. The van der Waals surface area contributed by atoms with Crippen molar-refractivity contribution in [1.82, 2.24) is 0 Å². The topological polar surface area (TPSA) is 62.1 Å². The summed E-state index contributed by atoms with van der Waals surface area (Å²) in [7, 11) is 0. The van der Waals surface area contributed by atoms with E-state index in [1.165, 1.54) is 30.3 Å². The first-order valence-corrected chi connectivity index (χ1v) is 10.5. The molecule has 0 heterocycles. The van der Waals surface area contributed by atoms with Crippen LogP contribution in [0.25, 0.3) is 6.08 Å². The van der Waals surface area contributed by atoms with Crippen LogP contribution in [0.15, 0.2) is 70.7 Å². The predicted molar refractivity (Wildman–Crippen MR) is 124 cm³/mol. The fourth-order valence-electron chi connectivity index (χ4n) is 2.63. The highest BCUT2D eigenvalue weighted by atomic mass is 79.9. The van der Waals surface area contributed by atoms with E-state index in [1.807, 2.05) is 6.07 Å². The van der Waals surface area contributed by atoms with Gasteiger partial charge in [-0.15, -0.1) is 0 Å². The molecule has 0 aliphatic heterocycles. The molecule has 156 valence electrons. The highest BCUT2D eigenvalue weighted by molar-refractivity contribution is 9.10. The maximum absolute atomic E-state index is 13.3. The normalized spacial score (nSPS) is 11.0. The number of ether oxygens (including phenoxy) is 1. The Morgan fingerprint density at radius 3 is 2.42 bits per heavy atom. The molecular formula is C23H14BrCl2FN2O2. The molecule has 0 saturated carbocycles. The number of nitriles is 1. The number of carbonyl (C=O) groups excluding carboxylic acids is 1. The summed E-state index contributed by atoms with van der Waals surface area (Å²) in [5.74, 6) is -0.713. The van der Waals surface area contributed by atoms with Crippen LogP contribution in [0.3, 0.4) is 0 Å². The largest absolute Gasteiger partial charge is 0.486 e. The summed E-state index contributed by atoms with van der Waals surface area (Å²) < 4.78 is 19.8. The molecule has 4 nitrogen and oxygen atoms in total. The van der Waals surface area contributed by atoms with Gasteiger partial charge >= 0.3 is 0 Å². The Labute approximate surface area is 197 Å². The van der Waals surface area contributed by atoms with E-state index in [0.717, 1.165) is 4.47 Å². The number of halogens is 4. The molecule has 8 heteroatoms. The van der Waals surface area contributed by atoms with Gasteiger partial charge in [-0.2, -0.15) is 5.26 Å². The maximum atomic E-state index is 13.3.